The number of hydrogen-bond acceptors (Lipinski definition) is 4. The first-order chi connectivity index (χ1) is 11.7. The molecule has 1 aliphatic heterocycles. The largest absolute Gasteiger partial charge is 0.369 e. The molecule has 1 atom stereocenters. The van der Waals surface area contributed by atoms with Crippen LogP contribution in [0.15, 0.2) is 22.7 Å². The second-order valence-electron chi connectivity index (χ2n) is 6.93. The van der Waals surface area contributed by atoms with E-state index in [2.05, 4.69) is 5.16 Å². The molecule has 0 aliphatic carbocycles. The van der Waals surface area contributed by atoms with Crippen LogP contribution in [0, 0.1) is 12.7 Å². The van der Waals surface area contributed by atoms with Crippen molar-refractivity contribution in [1.82, 2.24) is 10.1 Å². The van der Waals surface area contributed by atoms with Crippen molar-refractivity contribution < 1.29 is 18.4 Å². The van der Waals surface area contributed by atoms with Gasteiger partial charge in [0.2, 0.25) is 0 Å². The van der Waals surface area contributed by atoms with E-state index in [1.165, 1.54) is 12.1 Å². The summed E-state index contributed by atoms with van der Waals surface area (Å²) in [6.45, 7) is 8.27. The Morgan fingerprint density at radius 1 is 1.44 bits per heavy atom. The van der Waals surface area contributed by atoms with Crippen LogP contribution in [-0.2, 0) is 4.74 Å². The first kappa shape index (κ1) is 17.9. The lowest BCUT2D eigenvalue weighted by molar-refractivity contribution is -0.118. The molecule has 3 rings (SSSR count). The van der Waals surface area contributed by atoms with Crippen LogP contribution < -0.4 is 0 Å². The molecule has 1 aromatic carbocycles. The van der Waals surface area contributed by atoms with Crippen LogP contribution >= 0.6 is 11.6 Å². The standard InChI is InChI=1S/C18H20ClFN2O3/c1-10-8-22(9-18(3,4)24-10)17(23)14-11(2)25-21-16(14)15-12(19)6-5-7-13(15)20/h5-7,10H,8-9H2,1-4H3/t10-/m0/s1. The van der Waals surface area contributed by atoms with Gasteiger partial charge in [-0.05, 0) is 39.8 Å². The third-order valence-electron chi connectivity index (χ3n) is 4.13. The van der Waals surface area contributed by atoms with Crippen molar-refractivity contribution in [3.63, 3.8) is 0 Å². The summed E-state index contributed by atoms with van der Waals surface area (Å²) in [5, 5.41) is 4.08. The van der Waals surface area contributed by atoms with Gasteiger partial charge in [-0.3, -0.25) is 4.79 Å². The van der Waals surface area contributed by atoms with Crippen molar-refractivity contribution in [3.05, 3.63) is 40.4 Å². The van der Waals surface area contributed by atoms with E-state index in [9.17, 15) is 9.18 Å². The lowest BCUT2D eigenvalue weighted by Gasteiger charge is -2.41. The molecule has 2 heterocycles. The highest BCUT2D eigenvalue weighted by molar-refractivity contribution is 6.33. The summed E-state index contributed by atoms with van der Waals surface area (Å²) >= 11 is 6.14. The summed E-state index contributed by atoms with van der Waals surface area (Å²) in [6.07, 6.45) is -0.103. The maximum atomic E-state index is 14.3. The number of carbonyl (C=O) groups is 1. The van der Waals surface area contributed by atoms with Crippen molar-refractivity contribution in [2.45, 2.75) is 39.4 Å². The highest BCUT2D eigenvalue weighted by Gasteiger charge is 2.37. The van der Waals surface area contributed by atoms with Crippen LogP contribution in [0.25, 0.3) is 11.3 Å². The normalized spacial score (nSPS) is 19.9. The number of carbonyl (C=O) groups excluding carboxylic acids is 1. The fourth-order valence-corrected chi connectivity index (χ4v) is 3.54. The average molecular weight is 367 g/mol. The number of morpholine rings is 1. The van der Waals surface area contributed by atoms with Crippen molar-refractivity contribution in [1.29, 1.82) is 0 Å². The Kier molecular flexibility index (Phi) is 4.60. The number of ether oxygens (including phenoxy) is 1. The lowest BCUT2D eigenvalue weighted by Crippen LogP contribution is -2.53. The summed E-state index contributed by atoms with van der Waals surface area (Å²) in [7, 11) is 0. The van der Waals surface area contributed by atoms with E-state index in [-0.39, 0.29) is 33.9 Å². The van der Waals surface area contributed by atoms with Gasteiger partial charge in [0.05, 0.1) is 22.3 Å². The third-order valence-corrected chi connectivity index (χ3v) is 4.45. The summed E-state index contributed by atoms with van der Waals surface area (Å²) in [5.74, 6) is -0.488. The Morgan fingerprint density at radius 3 is 2.80 bits per heavy atom. The van der Waals surface area contributed by atoms with E-state index in [0.29, 0.717) is 18.8 Å². The van der Waals surface area contributed by atoms with Gasteiger partial charge in [-0.25, -0.2) is 4.39 Å². The quantitative estimate of drug-likeness (QED) is 0.803. The van der Waals surface area contributed by atoms with Crippen LogP contribution in [-0.4, -0.2) is 40.8 Å². The van der Waals surface area contributed by atoms with E-state index in [1.807, 2.05) is 20.8 Å². The Balaban J connectivity index is 2.04. The van der Waals surface area contributed by atoms with E-state index < -0.39 is 11.4 Å². The molecule has 0 saturated carbocycles. The Hall–Kier alpha value is -1.92. The second-order valence-corrected chi connectivity index (χ2v) is 7.34. The van der Waals surface area contributed by atoms with E-state index in [0.717, 1.165) is 0 Å². The lowest BCUT2D eigenvalue weighted by atomic mass is 10.0. The molecule has 0 unspecified atom stereocenters. The van der Waals surface area contributed by atoms with Crippen molar-refractivity contribution >= 4 is 17.5 Å². The second kappa shape index (κ2) is 6.42. The van der Waals surface area contributed by atoms with Crippen LogP contribution in [0.2, 0.25) is 5.02 Å². The minimum Gasteiger partial charge on any atom is -0.369 e. The van der Waals surface area contributed by atoms with Crippen LogP contribution in [0.4, 0.5) is 4.39 Å². The smallest absolute Gasteiger partial charge is 0.259 e. The van der Waals surface area contributed by atoms with E-state index in [1.54, 1.807) is 17.9 Å². The van der Waals surface area contributed by atoms with Crippen molar-refractivity contribution in [2.75, 3.05) is 13.1 Å². The molecule has 1 aromatic heterocycles. The van der Waals surface area contributed by atoms with Gasteiger partial charge in [0, 0.05) is 13.1 Å². The zero-order valence-electron chi connectivity index (χ0n) is 14.6. The highest BCUT2D eigenvalue weighted by atomic mass is 35.5. The topological polar surface area (TPSA) is 55.6 Å². The predicted octanol–water partition coefficient (Wildman–Crippen LogP) is 4.08. The van der Waals surface area contributed by atoms with Crippen LogP contribution in [0.5, 0.6) is 0 Å². The fraction of sp³-hybridized carbons (Fsp3) is 0.444. The monoisotopic (exact) mass is 366 g/mol. The molecule has 2 aromatic rings. The molecule has 25 heavy (non-hydrogen) atoms. The molecule has 1 fully saturated rings. The Labute approximate surface area is 150 Å². The summed E-state index contributed by atoms with van der Waals surface area (Å²) in [6, 6.07) is 4.33. The molecular weight excluding hydrogens is 347 g/mol. The predicted molar refractivity (Wildman–Crippen MR) is 92.2 cm³/mol. The Bertz CT molecular complexity index is 798. The van der Waals surface area contributed by atoms with E-state index in [4.69, 9.17) is 20.9 Å². The minimum atomic E-state index is -0.550. The summed E-state index contributed by atoms with van der Waals surface area (Å²) < 4.78 is 25.3. The molecule has 0 spiro atoms. The maximum Gasteiger partial charge on any atom is 0.259 e. The third kappa shape index (κ3) is 3.41. The fourth-order valence-electron chi connectivity index (χ4n) is 3.29. The van der Waals surface area contributed by atoms with Gasteiger partial charge in [-0.1, -0.05) is 22.8 Å². The van der Waals surface area contributed by atoms with Gasteiger partial charge in [0.1, 0.15) is 22.8 Å². The number of aryl methyl sites for hydroxylation is 1. The first-order valence-corrected chi connectivity index (χ1v) is 8.45. The molecule has 0 bridgehead atoms. The number of rotatable bonds is 2. The molecule has 7 heteroatoms. The number of nitrogens with zero attached hydrogens (tertiary/aromatic N) is 2. The van der Waals surface area contributed by atoms with Crippen molar-refractivity contribution in [3.8, 4) is 11.3 Å². The maximum absolute atomic E-state index is 14.3. The molecule has 0 N–H and O–H groups in total. The van der Waals surface area contributed by atoms with Gasteiger partial charge in [-0.15, -0.1) is 0 Å². The molecule has 1 aliphatic rings. The SMILES string of the molecule is Cc1onc(-c2c(F)cccc2Cl)c1C(=O)N1C[C@H](C)OC(C)(C)C1. The number of halogens is 2. The zero-order valence-corrected chi connectivity index (χ0v) is 15.4. The molecule has 134 valence electrons. The van der Waals surface area contributed by atoms with Gasteiger partial charge in [0.15, 0.2) is 0 Å². The van der Waals surface area contributed by atoms with Gasteiger partial charge in [0.25, 0.3) is 5.91 Å². The molecule has 0 radical (unpaired) electrons. The first-order valence-electron chi connectivity index (χ1n) is 8.07. The number of benzene rings is 1. The van der Waals surface area contributed by atoms with Gasteiger partial charge in [-0.2, -0.15) is 0 Å². The number of hydrogen-bond donors (Lipinski definition) is 0. The Morgan fingerprint density at radius 2 is 2.16 bits per heavy atom. The van der Waals surface area contributed by atoms with E-state index >= 15 is 0 Å². The van der Waals surface area contributed by atoms with Gasteiger partial charge < -0.3 is 14.2 Å². The molecule has 5 nitrogen and oxygen atoms in total. The molecular formula is C18H20ClFN2O3. The summed E-state index contributed by atoms with van der Waals surface area (Å²) in [5.41, 5.74) is -0.0295. The minimum absolute atomic E-state index is 0.0740. The molecule has 1 amide bonds. The zero-order chi connectivity index (χ0) is 18.4. The molecule has 1 saturated heterocycles. The van der Waals surface area contributed by atoms with Crippen LogP contribution in [0.3, 0.4) is 0 Å². The van der Waals surface area contributed by atoms with Crippen LogP contribution in [0.1, 0.15) is 36.9 Å². The van der Waals surface area contributed by atoms with Crippen molar-refractivity contribution in [2.24, 2.45) is 0 Å². The highest BCUT2D eigenvalue weighted by Crippen LogP contribution is 2.34. The number of amides is 1. The average Bonchev–Trinajstić information content (AvgIpc) is 2.86. The summed E-state index contributed by atoms with van der Waals surface area (Å²) in [4.78, 5) is 14.8. The van der Waals surface area contributed by atoms with Gasteiger partial charge >= 0.3 is 0 Å². The number of aromatic nitrogens is 1.